The van der Waals surface area contributed by atoms with Gasteiger partial charge in [-0.05, 0) is 12.3 Å². The van der Waals surface area contributed by atoms with Gasteiger partial charge in [-0.25, -0.2) is 0 Å². The molecule has 102 valence electrons. The zero-order chi connectivity index (χ0) is 12.8. The maximum atomic E-state index is 10.1. The summed E-state index contributed by atoms with van der Waals surface area (Å²) in [4.78, 5) is 10.1. The lowest BCUT2D eigenvalue weighted by atomic mass is 10.0. The number of carbonyl (C=O) groups is 1. The SMILES string of the molecule is CC(C)CCCCCCCCCCCCC=O. The Hall–Kier alpha value is -0.330. The van der Waals surface area contributed by atoms with Gasteiger partial charge in [-0.3, -0.25) is 0 Å². The summed E-state index contributed by atoms with van der Waals surface area (Å²) in [6.45, 7) is 4.62. The average molecular weight is 240 g/mol. The highest BCUT2D eigenvalue weighted by molar-refractivity contribution is 5.48. The van der Waals surface area contributed by atoms with E-state index >= 15 is 0 Å². The third-order valence-electron chi connectivity index (χ3n) is 3.35. The summed E-state index contributed by atoms with van der Waals surface area (Å²) in [5, 5.41) is 0. The van der Waals surface area contributed by atoms with E-state index in [0.717, 1.165) is 25.0 Å². The van der Waals surface area contributed by atoms with Gasteiger partial charge in [-0.2, -0.15) is 0 Å². The molecule has 0 spiro atoms. The molecule has 0 radical (unpaired) electrons. The fourth-order valence-corrected chi connectivity index (χ4v) is 2.19. The topological polar surface area (TPSA) is 17.1 Å². The second kappa shape index (κ2) is 13.7. The summed E-state index contributed by atoms with van der Waals surface area (Å²) in [5.41, 5.74) is 0. The number of hydrogen-bond donors (Lipinski definition) is 0. The first-order chi connectivity index (χ1) is 8.27. The Kier molecular flexibility index (Phi) is 13.5. The van der Waals surface area contributed by atoms with E-state index in [1.807, 2.05) is 0 Å². The van der Waals surface area contributed by atoms with Gasteiger partial charge in [0.15, 0.2) is 0 Å². The molecular formula is C16H32O. The summed E-state index contributed by atoms with van der Waals surface area (Å²) in [6, 6.07) is 0. The Balaban J connectivity index is 2.91. The minimum Gasteiger partial charge on any atom is -0.303 e. The zero-order valence-corrected chi connectivity index (χ0v) is 12.0. The Morgan fingerprint density at radius 2 is 1.12 bits per heavy atom. The molecule has 0 aromatic carbocycles. The molecule has 1 nitrogen and oxygen atoms in total. The first-order valence-corrected chi connectivity index (χ1v) is 7.71. The van der Waals surface area contributed by atoms with Gasteiger partial charge in [0.1, 0.15) is 6.29 Å². The fourth-order valence-electron chi connectivity index (χ4n) is 2.19. The van der Waals surface area contributed by atoms with Crippen LogP contribution in [0.15, 0.2) is 0 Å². The van der Waals surface area contributed by atoms with E-state index in [4.69, 9.17) is 0 Å². The maximum absolute atomic E-state index is 10.1. The fraction of sp³-hybridized carbons (Fsp3) is 0.938. The Morgan fingerprint density at radius 1 is 0.706 bits per heavy atom. The van der Waals surface area contributed by atoms with Crippen molar-refractivity contribution in [3.05, 3.63) is 0 Å². The lowest BCUT2D eigenvalue weighted by Gasteiger charge is -2.04. The highest BCUT2D eigenvalue weighted by atomic mass is 16.1. The van der Waals surface area contributed by atoms with E-state index in [1.165, 1.54) is 64.2 Å². The highest BCUT2D eigenvalue weighted by Gasteiger charge is 1.95. The van der Waals surface area contributed by atoms with Crippen LogP contribution in [-0.4, -0.2) is 6.29 Å². The molecule has 0 saturated carbocycles. The Bertz CT molecular complexity index is 152. The largest absolute Gasteiger partial charge is 0.303 e. The van der Waals surface area contributed by atoms with Crippen molar-refractivity contribution in [2.75, 3.05) is 0 Å². The van der Waals surface area contributed by atoms with Gasteiger partial charge in [0.05, 0.1) is 0 Å². The summed E-state index contributed by atoms with van der Waals surface area (Å²) >= 11 is 0. The van der Waals surface area contributed by atoms with Crippen LogP contribution in [0, 0.1) is 5.92 Å². The number of hydrogen-bond acceptors (Lipinski definition) is 1. The number of rotatable bonds is 13. The predicted octanol–water partition coefficient (Wildman–Crippen LogP) is 5.52. The molecule has 0 rings (SSSR count). The van der Waals surface area contributed by atoms with Crippen molar-refractivity contribution < 1.29 is 4.79 Å². The van der Waals surface area contributed by atoms with E-state index in [2.05, 4.69) is 13.8 Å². The van der Waals surface area contributed by atoms with Gasteiger partial charge >= 0.3 is 0 Å². The van der Waals surface area contributed by atoms with Crippen LogP contribution in [0.3, 0.4) is 0 Å². The molecule has 0 aliphatic carbocycles. The number of unbranched alkanes of at least 4 members (excludes halogenated alkanes) is 10. The van der Waals surface area contributed by atoms with E-state index in [-0.39, 0.29) is 0 Å². The maximum Gasteiger partial charge on any atom is 0.119 e. The first-order valence-electron chi connectivity index (χ1n) is 7.71. The van der Waals surface area contributed by atoms with Gasteiger partial charge in [-0.1, -0.05) is 78.1 Å². The van der Waals surface area contributed by atoms with Crippen molar-refractivity contribution in [3.63, 3.8) is 0 Å². The summed E-state index contributed by atoms with van der Waals surface area (Å²) < 4.78 is 0. The second-order valence-corrected chi connectivity index (χ2v) is 5.67. The van der Waals surface area contributed by atoms with Crippen molar-refractivity contribution in [1.82, 2.24) is 0 Å². The molecule has 0 atom stereocenters. The lowest BCUT2D eigenvalue weighted by molar-refractivity contribution is -0.107. The summed E-state index contributed by atoms with van der Waals surface area (Å²) in [7, 11) is 0. The van der Waals surface area contributed by atoms with Gasteiger partial charge in [-0.15, -0.1) is 0 Å². The van der Waals surface area contributed by atoms with Crippen LogP contribution in [0.2, 0.25) is 0 Å². The molecule has 17 heavy (non-hydrogen) atoms. The van der Waals surface area contributed by atoms with E-state index in [0.29, 0.717) is 0 Å². The average Bonchev–Trinajstić information content (AvgIpc) is 2.30. The van der Waals surface area contributed by atoms with Crippen molar-refractivity contribution in [3.8, 4) is 0 Å². The molecule has 0 aromatic rings. The standard InChI is InChI=1S/C16H32O/c1-16(2)14-12-10-8-6-4-3-5-7-9-11-13-15-17/h15-16H,3-14H2,1-2H3. The van der Waals surface area contributed by atoms with E-state index in [1.54, 1.807) is 0 Å². The van der Waals surface area contributed by atoms with E-state index < -0.39 is 0 Å². The van der Waals surface area contributed by atoms with Crippen LogP contribution in [-0.2, 0) is 4.79 Å². The first kappa shape index (κ1) is 16.7. The molecule has 0 bridgehead atoms. The normalized spacial score (nSPS) is 11.0. The second-order valence-electron chi connectivity index (χ2n) is 5.67. The van der Waals surface area contributed by atoms with Gasteiger partial charge in [0.25, 0.3) is 0 Å². The van der Waals surface area contributed by atoms with Crippen LogP contribution >= 0.6 is 0 Å². The monoisotopic (exact) mass is 240 g/mol. The predicted molar refractivity (Wildman–Crippen MR) is 76.3 cm³/mol. The van der Waals surface area contributed by atoms with Crippen LogP contribution in [0.5, 0.6) is 0 Å². The number of aldehydes is 1. The highest BCUT2D eigenvalue weighted by Crippen LogP contribution is 2.13. The quantitative estimate of drug-likeness (QED) is 0.306. The molecule has 0 N–H and O–H groups in total. The molecular weight excluding hydrogens is 208 g/mol. The van der Waals surface area contributed by atoms with Crippen molar-refractivity contribution >= 4 is 6.29 Å². The van der Waals surface area contributed by atoms with Crippen LogP contribution < -0.4 is 0 Å². The van der Waals surface area contributed by atoms with Crippen LogP contribution in [0.25, 0.3) is 0 Å². The van der Waals surface area contributed by atoms with Gasteiger partial charge in [0, 0.05) is 6.42 Å². The molecule has 0 unspecified atom stereocenters. The summed E-state index contributed by atoms with van der Waals surface area (Å²) in [6.07, 6.45) is 16.7. The van der Waals surface area contributed by atoms with Gasteiger partial charge in [0.2, 0.25) is 0 Å². The Labute approximate surface area is 108 Å². The molecule has 0 aromatic heterocycles. The smallest absolute Gasteiger partial charge is 0.119 e. The van der Waals surface area contributed by atoms with Crippen molar-refractivity contribution in [1.29, 1.82) is 0 Å². The third kappa shape index (κ3) is 15.7. The van der Waals surface area contributed by atoms with E-state index in [9.17, 15) is 4.79 Å². The van der Waals surface area contributed by atoms with Crippen LogP contribution in [0.1, 0.15) is 90.9 Å². The molecule has 0 aliphatic heterocycles. The molecule has 1 heteroatoms. The molecule has 0 heterocycles. The molecule has 0 saturated heterocycles. The number of carbonyl (C=O) groups excluding carboxylic acids is 1. The minimum absolute atomic E-state index is 0.760. The summed E-state index contributed by atoms with van der Waals surface area (Å²) in [5.74, 6) is 0.876. The molecule has 0 aliphatic rings. The minimum atomic E-state index is 0.760. The molecule has 0 amide bonds. The van der Waals surface area contributed by atoms with Gasteiger partial charge < -0.3 is 4.79 Å². The Morgan fingerprint density at radius 3 is 1.53 bits per heavy atom. The third-order valence-corrected chi connectivity index (χ3v) is 3.35. The zero-order valence-electron chi connectivity index (χ0n) is 12.0. The van der Waals surface area contributed by atoms with Crippen LogP contribution in [0.4, 0.5) is 0 Å². The van der Waals surface area contributed by atoms with Crippen molar-refractivity contribution in [2.45, 2.75) is 90.9 Å². The van der Waals surface area contributed by atoms with Crippen molar-refractivity contribution in [2.24, 2.45) is 5.92 Å². The lowest BCUT2D eigenvalue weighted by Crippen LogP contribution is -1.87. The molecule has 0 fully saturated rings.